The maximum atomic E-state index is 12.4. The lowest BCUT2D eigenvalue weighted by molar-refractivity contribution is -0.125. The van der Waals surface area contributed by atoms with Gasteiger partial charge in [0.05, 0.1) is 12.2 Å². The smallest absolute Gasteiger partial charge is 0.254 e. The molecule has 6 nitrogen and oxygen atoms in total. The highest BCUT2D eigenvalue weighted by Gasteiger charge is 2.46. The van der Waals surface area contributed by atoms with Crippen LogP contribution in [0.3, 0.4) is 0 Å². The zero-order valence-electron chi connectivity index (χ0n) is 14.5. The number of piperidine rings is 1. The number of rotatable bonds is 2. The number of aromatic nitrogens is 1. The summed E-state index contributed by atoms with van der Waals surface area (Å²) in [4.78, 5) is 27.7. The van der Waals surface area contributed by atoms with Crippen LogP contribution in [0.4, 0.5) is 0 Å². The van der Waals surface area contributed by atoms with Gasteiger partial charge in [-0.3, -0.25) is 15.0 Å². The Kier molecular flexibility index (Phi) is 4.08. The zero-order chi connectivity index (χ0) is 16.7. The molecule has 130 valence electrons. The van der Waals surface area contributed by atoms with Gasteiger partial charge >= 0.3 is 0 Å². The Balaban J connectivity index is 1.40. The van der Waals surface area contributed by atoms with Crippen molar-refractivity contribution in [2.45, 2.75) is 50.6 Å². The largest absolute Gasteiger partial charge is 0.349 e. The maximum absolute atomic E-state index is 12.4. The van der Waals surface area contributed by atoms with Gasteiger partial charge in [0.1, 0.15) is 10.5 Å². The molecule has 24 heavy (non-hydrogen) atoms. The summed E-state index contributed by atoms with van der Waals surface area (Å²) < 4.78 is 0. The molecule has 0 atom stereocenters. The molecule has 7 heteroatoms. The van der Waals surface area contributed by atoms with E-state index in [4.69, 9.17) is 9.98 Å². The van der Waals surface area contributed by atoms with Gasteiger partial charge in [-0.2, -0.15) is 0 Å². The Labute approximate surface area is 147 Å². The van der Waals surface area contributed by atoms with E-state index in [1.807, 2.05) is 30.3 Å². The minimum absolute atomic E-state index is 0.0653. The second-order valence-corrected chi connectivity index (χ2v) is 8.44. The van der Waals surface area contributed by atoms with Crippen LogP contribution < -0.4 is 5.32 Å². The number of hydrogen-bond donors (Lipinski definition) is 1. The number of thiazole rings is 1. The number of amides is 1. The number of aryl methyl sites for hydroxylation is 2. The van der Waals surface area contributed by atoms with Crippen molar-refractivity contribution in [1.29, 1.82) is 0 Å². The molecule has 0 unspecified atom stereocenters. The molecule has 0 aromatic carbocycles. The van der Waals surface area contributed by atoms with Crippen molar-refractivity contribution in [1.82, 2.24) is 20.1 Å². The first kappa shape index (κ1) is 16.0. The quantitative estimate of drug-likeness (QED) is 0.879. The molecular formula is C17H25N5OS. The van der Waals surface area contributed by atoms with E-state index in [0.29, 0.717) is 5.96 Å². The number of hydrogen-bond acceptors (Lipinski definition) is 6. The van der Waals surface area contributed by atoms with Gasteiger partial charge in [0.15, 0.2) is 0 Å². The van der Waals surface area contributed by atoms with E-state index in [2.05, 4.69) is 10.2 Å². The van der Waals surface area contributed by atoms with Crippen LogP contribution in [0.15, 0.2) is 4.99 Å². The molecular weight excluding hydrogens is 322 g/mol. The molecule has 1 aliphatic carbocycles. The Hall–Kier alpha value is -1.47. The molecule has 3 heterocycles. The third-order valence-electron chi connectivity index (χ3n) is 5.32. The van der Waals surface area contributed by atoms with Crippen molar-refractivity contribution < 1.29 is 4.79 Å². The van der Waals surface area contributed by atoms with E-state index >= 15 is 0 Å². The first-order valence-corrected chi connectivity index (χ1v) is 9.66. The fraction of sp³-hybridized carbons (Fsp3) is 0.706. The topological polar surface area (TPSA) is 60.8 Å². The normalized spacial score (nSPS) is 23.1. The van der Waals surface area contributed by atoms with E-state index < -0.39 is 5.54 Å². The molecule has 3 aliphatic rings. The number of carbonyl (C=O) groups is 1. The highest BCUT2D eigenvalue weighted by molar-refractivity contribution is 7.11. The Morgan fingerprint density at radius 1 is 1.25 bits per heavy atom. The van der Waals surface area contributed by atoms with Gasteiger partial charge in [-0.25, -0.2) is 9.98 Å². The van der Waals surface area contributed by atoms with Gasteiger partial charge < -0.3 is 4.90 Å². The van der Waals surface area contributed by atoms with Crippen LogP contribution in [0.25, 0.3) is 0 Å². The fourth-order valence-electron chi connectivity index (χ4n) is 3.80. The van der Waals surface area contributed by atoms with Crippen LogP contribution in [0, 0.1) is 0 Å². The number of fused-ring (bicyclic) bond motifs is 1. The molecule has 4 rings (SSSR count). The fourth-order valence-corrected chi connectivity index (χ4v) is 4.99. The Bertz CT molecular complexity index is 649. The third-order valence-corrected chi connectivity index (χ3v) is 6.47. The Morgan fingerprint density at radius 2 is 2.00 bits per heavy atom. The van der Waals surface area contributed by atoms with Gasteiger partial charge in [0.25, 0.3) is 5.91 Å². The van der Waals surface area contributed by atoms with Crippen LogP contribution in [-0.2, 0) is 24.2 Å². The van der Waals surface area contributed by atoms with Crippen LogP contribution in [0.1, 0.15) is 41.3 Å². The predicted octanol–water partition coefficient (Wildman–Crippen LogP) is 1.40. The molecule has 0 saturated carbocycles. The average Bonchev–Trinajstić information content (AvgIpc) is 3.11. The zero-order valence-corrected chi connectivity index (χ0v) is 15.3. The van der Waals surface area contributed by atoms with Crippen LogP contribution in [0.2, 0.25) is 0 Å². The highest BCUT2D eigenvalue weighted by atomic mass is 32.1. The standard InChI is InChI=1S/C17H25N5OS/c1-21(2)16-19-15(23)17(20-16)7-9-22(10-8-17)11-14-18-12-5-3-4-6-13(12)24-14/h3-11H2,1-2H3,(H,19,20,23). The molecule has 1 spiro atoms. The van der Waals surface area contributed by atoms with Gasteiger partial charge in [0.2, 0.25) is 5.96 Å². The van der Waals surface area contributed by atoms with Crippen molar-refractivity contribution in [3.63, 3.8) is 0 Å². The number of likely N-dealkylation sites (tertiary alicyclic amines) is 1. The minimum atomic E-state index is -0.543. The summed E-state index contributed by atoms with van der Waals surface area (Å²) in [6.07, 6.45) is 6.53. The monoisotopic (exact) mass is 347 g/mol. The van der Waals surface area contributed by atoms with Crippen molar-refractivity contribution in [3.05, 3.63) is 15.6 Å². The minimum Gasteiger partial charge on any atom is -0.349 e. The molecule has 1 aromatic rings. The summed E-state index contributed by atoms with van der Waals surface area (Å²) in [6, 6.07) is 0. The summed E-state index contributed by atoms with van der Waals surface area (Å²) in [5.41, 5.74) is 0.795. The van der Waals surface area contributed by atoms with Crippen LogP contribution in [0.5, 0.6) is 0 Å². The van der Waals surface area contributed by atoms with E-state index in [-0.39, 0.29) is 5.91 Å². The van der Waals surface area contributed by atoms with E-state index in [1.165, 1.54) is 34.8 Å². The van der Waals surface area contributed by atoms with E-state index in [1.54, 1.807) is 0 Å². The highest BCUT2D eigenvalue weighted by Crippen LogP contribution is 2.32. The van der Waals surface area contributed by atoms with Gasteiger partial charge in [-0.1, -0.05) is 0 Å². The lowest BCUT2D eigenvalue weighted by Crippen LogP contribution is -2.49. The number of guanidine groups is 1. The molecule has 1 saturated heterocycles. The maximum Gasteiger partial charge on any atom is 0.254 e. The second kappa shape index (κ2) is 6.11. The van der Waals surface area contributed by atoms with Crippen molar-refractivity contribution in [2.75, 3.05) is 27.2 Å². The van der Waals surface area contributed by atoms with Crippen molar-refractivity contribution >= 4 is 23.2 Å². The molecule has 1 aromatic heterocycles. The van der Waals surface area contributed by atoms with Crippen molar-refractivity contribution in [2.24, 2.45) is 4.99 Å². The molecule has 0 bridgehead atoms. The average molecular weight is 347 g/mol. The molecule has 1 fully saturated rings. The summed E-state index contributed by atoms with van der Waals surface area (Å²) in [5, 5.41) is 4.16. The lowest BCUT2D eigenvalue weighted by atomic mass is 9.88. The summed E-state index contributed by atoms with van der Waals surface area (Å²) >= 11 is 1.89. The SMILES string of the molecule is CN(C)C1=NC2(CCN(Cc3nc4c(s3)CCCC4)CC2)C(=O)N1. The number of aliphatic imine (C=N–C) groups is 1. The molecule has 1 N–H and O–H groups in total. The number of carbonyl (C=O) groups excluding carboxylic acids is 1. The third kappa shape index (κ3) is 2.84. The number of nitrogens with zero attached hydrogens (tertiary/aromatic N) is 4. The van der Waals surface area contributed by atoms with Crippen LogP contribution in [-0.4, -0.2) is 59.4 Å². The van der Waals surface area contributed by atoms with E-state index in [9.17, 15) is 4.79 Å². The van der Waals surface area contributed by atoms with Crippen molar-refractivity contribution in [3.8, 4) is 0 Å². The summed E-state index contributed by atoms with van der Waals surface area (Å²) in [7, 11) is 3.83. The Morgan fingerprint density at radius 3 is 2.67 bits per heavy atom. The predicted molar refractivity (Wildman–Crippen MR) is 95.3 cm³/mol. The first-order valence-electron chi connectivity index (χ1n) is 8.84. The molecule has 0 radical (unpaired) electrons. The summed E-state index contributed by atoms with van der Waals surface area (Å²) in [6.45, 7) is 2.73. The molecule has 1 amide bonds. The molecule has 2 aliphatic heterocycles. The summed E-state index contributed by atoms with van der Waals surface area (Å²) in [5.74, 6) is 0.761. The van der Waals surface area contributed by atoms with Gasteiger partial charge in [-0.05, 0) is 38.5 Å². The lowest BCUT2D eigenvalue weighted by Gasteiger charge is -2.34. The first-order chi connectivity index (χ1) is 11.6. The number of nitrogens with one attached hydrogen (secondary N) is 1. The van der Waals surface area contributed by atoms with Gasteiger partial charge in [0, 0.05) is 32.1 Å². The second-order valence-electron chi connectivity index (χ2n) is 7.28. The van der Waals surface area contributed by atoms with E-state index in [0.717, 1.165) is 38.9 Å². The van der Waals surface area contributed by atoms with Crippen LogP contribution >= 0.6 is 11.3 Å². The van der Waals surface area contributed by atoms with Gasteiger partial charge in [-0.15, -0.1) is 11.3 Å².